The second-order valence-electron chi connectivity index (χ2n) is 6.64. The second-order valence-corrected chi connectivity index (χ2v) is 6.64. The number of hydrogen-bond acceptors (Lipinski definition) is 3. The van der Waals surface area contributed by atoms with E-state index in [9.17, 15) is 9.59 Å². The van der Waals surface area contributed by atoms with Gasteiger partial charge in [-0.3, -0.25) is 14.6 Å². The Morgan fingerprint density at radius 3 is 1.68 bits per heavy atom. The molecule has 142 valence electrons. The van der Waals surface area contributed by atoms with Crippen molar-refractivity contribution in [1.29, 1.82) is 0 Å². The lowest BCUT2D eigenvalue weighted by Gasteiger charge is -2.15. The fourth-order valence-electron chi connectivity index (χ4n) is 2.86. The molecule has 0 fully saturated rings. The van der Waals surface area contributed by atoms with Crippen molar-refractivity contribution in [3.63, 3.8) is 0 Å². The maximum absolute atomic E-state index is 12.4. The monoisotopic (exact) mass is 373 g/mol. The van der Waals surface area contributed by atoms with E-state index in [4.69, 9.17) is 0 Å². The summed E-state index contributed by atoms with van der Waals surface area (Å²) < 4.78 is 0. The van der Waals surface area contributed by atoms with Crippen LogP contribution in [0.2, 0.25) is 0 Å². The number of carbonyl (C=O) groups excluding carboxylic acids is 2. The van der Waals surface area contributed by atoms with Crippen LogP contribution in [0.5, 0.6) is 0 Å². The number of carbonyl (C=O) groups is 2. The smallest absolute Gasteiger partial charge is 0.270 e. The number of rotatable bonds is 6. The van der Waals surface area contributed by atoms with Gasteiger partial charge in [0.1, 0.15) is 5.69 Å². The van der Waals surface area contributed by atoms with Crippen LogP contribution in [0.1, 0.15) is 57.9 Å². The molecule has 2 aromatic carbocycles. The Morgan fingerprint density at radius 2 is 1.21 bits per heavy atom. The van der Waals surface area contributed by atoms with Crippen LogP contribution >= 0.6 is 0 Å². The molecule has 0 radical (unpaired) electrons. The van der Waals surface area contributed by atoms with Crippen LogP contribution in [0.3, 0.4) is 0 Å². The zero-order valence-corrected chi connectivity index (χ0v) is 15.9. The number of nitrogens with one attached hydrogen (secondary N) is 2. The van der Waals surface area contributed by atoms with Gasteiger partial charge in [-0.25, -0.2) is 0 Å². The van der Waals surface area contributed by atoms with E-state index in [1.54, 1.807) is 12.1 Å². The molecular formula is C23H23N3O2. The van der Waals surface area contributed by atoms with Gasteiger partial charge in [0.15, 0.2) is 0 Å². The van der Waals surface area contributed by atoms with Gasteiger partial charge >= 0.3 is 0 Å². The van der Waals surface area contributed by atoms with Gasteiger partial charge in [-0.15, -0.1) is 0 Å². The third-order valence-corrected chi connectivity index (χ3v) is 4.55. The third kappa shape index (κ3) is 4.82. The highest BCUT2D eigenvalue weighted by atomic mass is 16.2. The zero-order chi connectivity index (χ0) is 19.9. The lowest BCUT2D eigenvalue weighted by molar-refractivity contribution is 0.0923. The predicted octanol–water partition coefficient (Wildman–Crippen LogP) is 4.06. The maximum atomic E-state index is 12.4. The zero-order valence-electron chi connectivity index (χ0n) is 15.9. The van der Waals surface area contributed by atoms with E-state index in [2.05, 4.69) is 15.6 Å². The van der Waals surface area contributed by atoms with Crippen LogP contribution in [0, 0.1) is 0 Å². The van der Waals surface area contributed by atoms with E-state index < -0.39 is 0 Å². The summed E-state index contributed by atoms with van der Waals surface area (Å²) in [5.74, 6) is -0.505. The molecule has 3 rings (SSSR count). The van der Waals surface area contributed by atoms with Crippen LogP contribution in [0.15, 0.2) is 79.0 Å². The summed E-state index contributed by atoms with van der Waals surface area (Å²) in [5.41, 5.74) is 2.72. The highest BCUT2D eigenvalue weighted by Crippen LogP contribution is 2.14. The van der Waals surface area contributed by atoms with Gasteiger partial charge in [-0.1, -0.05) is 60.7 Å². The van der Waals surface area contributed by atoms with E-state index in [1.165, 1.54) is 6.20 Å². The van der Waals surface area contributed by atoms with Gasteiger partial charge in [-0.2, -0.15) is 0 Å². The molecule has 2 amide bonds. The first-order valence-electron chi connectivity index (χ1n) is 9.22. The van der Waals surface area contributed by atoms with Gasteiger partial charge in [0, 0.05) is 6.20 Å². The van der Waals surface area contributed by atoms with Crippen molar-refractivity contribution in [3.05, 3.63) is 101 Å². The number of amides is 2. The van der Waals surface area contributed by atoms with Crippen molar-refractivity contribution < 1.29 is 9.59 Å². The van der Waals surface area contributed by atoms with Crippen molar-refractivity contribution in [3.8, 4) is 0 Å². The SMILES string of the molecule is C[C@H](NC(=O)c1ccc(C(=O)N[C@H](C)c2ccccc2)cn1)c1ccccc1. The van der Waals surface area contributed by atoms with E-state index >= 15 is 0 Å². The molecule has 0 aliphatic rings. The minimum Gasteiger partial charge on any atom is -0.345 e. The number of aromatic nitrogens is 1. The molecule has 0 bridgehead atoms. The summed E-state index contributed by atoms with van der Waals surface area (Å²) >= 11 is 0. The summed E-state index contributed by atoms with van der Waals surface area (Å²) in [6.07, 6.45) is 1.43. The highest BCUT2D eigenvalue weighted by Gasteiger charge is 2.15. The average molecular weight is 373 g/mol. The molecule has 28 heavy (non-hydrogen) atoms. The first-order chi connectivity index (χ1) is 13.5. The fourth-order valence-corrected chi connectivity index (χ4v) is 2.86. The average Bonchev–Trinajstić information content (AvgIpc) is 2.75. The largest absolute Gasteiger partial charge is 0.345 e. The molecule has 2 atom stereocenters. The molecule has 0 spiro atoms. The van der Waals surface area contributed by atoms with Gasteiger partial charge in [0.25, 0.3) is 11.8 Å². The van der Waals surface area contributed by atoms with Gasteiger partial charge in [0.05, 0.1) is 17.6 Å². The molecule has 0 saturated carbocycles. The van der Waals surface area contributed by atoms with E-state index in [-0.39, 0.29) is 29.6 Å². The summed E-state index contributed by atoms with van der Waals surface area (Å²) in [7, 11) is 0. The molecule has 1 aromatic heterocycles. The predicted molar refractivity (Wildman–Crippen MR) is 109 cm³/mol. The summed E-state index contributed by atoms with van der Waals surface area (Å²) in [6.45, 7) is 3.84. The maximum Gasteiger partial charge on any atom is 0.270 e. The molecule has 3 aromatic rings. The number of benzene rings is 2. The Labute approximate surface area is 164 Å². The molecule has 0 aliphatic carbocycles. The van der Waals surface area contributed by atoms with Crippen LogP contribution in [0.25, 0.3) is 0 Å². The normalized spacial score (nSPS) is 12.6. The topological polar surface area (TPSA) is 71.1 Å². The second kappa shape index (κ2) is 8.95. The third-order valence-electron chi connectivity index (χ3n) is 4.55. The minimum absolute atomic E-state index is 0.122. The number of nitrogens with zero attached hydrogens (tertiary/aromatic N) is 1. The first kappa shape index (κ1) is 19.3. The number of pyridine rings is 1. The molecule has 0 unspecified atom stereocenters. The Morgan fingerprint density at radius 1 is 0.714 bits per heavy atom. The molecule has 5 heteroatoms. The van der Waals surface area contributed by atoms with E-state index in [1.807, 2.05) is 74.5 Å². The van der Waals surface area contributed by atoms with Gasteiger partial charge in [0.2, 0.25) is 0 Å². The van der Waals surface area contributed by atoms with Crippen molar-refractivity contribution in [2.45, 2.75) is 25.9 Å². The number of hydrogen-bond donors (Lipinski definition) is 2. The summed E-state index contributed by atoms with van der Waals surface area (Å²) in [6, 6.07) is 22.4. The standard InChI is InChI=1S/C23H23N3O2/c1-16(18-9-5-3-6-10-18)25-22(27)20-13-14-21(24-15-20)23(28)26-17(2)19-11-7-4-8-12-19/h3-17H,1-2H3,(H,25,27)(H,26,28)/t16-,17+/m1/s1. The first-order valence-corrected chi connectivity index (χ1v) is 9.22. The van der Waals surface area contributed by atoms with Crippen LogP contribution in [0.4, 0.5) is 0 Å². The Kier molecular flexibility index (Phi) is 6.17. The molecule has 1 heterocycles. The van der Waals surface area contributed by atoms with Crippen LogP contribution in [-0.2, 0) is 0 Å². The molecule has 2 N–H and O–H groups in total. The fraction of sp³-hybridized carbons (Fsp3) is 0.174. The van der Waals surface area contributed by atoms with Crippen molar-refractivity contribution in [2.24, 2.45) is 0 Å². The van der Waals surface area contributed by atoms with Gasteiger partial charge in [-0.05, 0) is 37.1 Å². The van der Waals surface area contributed by atoms with Crippen LogP contribution in [-0.4, -0.2) is 16.8 Å². The lowest BCUT2D eigenvalue weighted by atomic mass is 10.1. The van der Waals surface area contributed by atoms with E-state index in [0.717, 1.165) is 11.1 Å². The lowest BCUT2D eigenvalue weighted by Crippen LogP contribution is -2.28. The Hall–Kier alpha value is -3.47. The highest BCUT2D eigenvalue weighted by molar-refractivity contribution is 5.96. The van der Waals surface area contributed by atoms with Crippen molar-refractivity contribution in [2.75, 3.05) is 0 Å². The van der Waals surface area contributed by atoms with Gasteiger partial charge < -0.3 is 10.6 Å². The quantitative estimate of drug-likeness (QED) is 0.684. The minimum atomic E-state index is -0.277. The summed E-state index contributed by atoms with van der Waals surface area (Å²) in [5, 5.41) is 5.85. The molecular weight excluding hydrogens is 350 g/mol. The summed E-state index contributed by atoms with van der Waals surface area (Å²) in [4.78, 5) is 29.0. The molecule has 0 aliphatic heterocycles. The molecule has 5 nitrogen and oxygen atoms in total. The molecule has 0 saturated heterocycles. The Balaban J connectivity index is 1.61. The van der Waals surface area contributed by atoms with E-state index in [0.29, 0.717) is 5.56 Å². The van der Waals surface area contributed by atoms with Crippen LogP contribution < -0.4 is 10.6 Å². The van der Waals surface area contributed by atoms with Crippen molar-refractivity contribution in [1.82, 2.24) is 15.6 Å². The van der Waals surface area contributed by atoms with Crippen molar-refractivity contribution >= 4 is 11.8 Å². The Bertz CT molecular complexity index is 847.